The normalized spacial score (nSPS) is 17.5. The molecular formula is C11H7N5OS2. The molecule has 2 heterocycles. The summed E-state index contributed by atoms with van der Waals surface area (Å²) in [6, 6.07) is 9.58. The van der Waals surface area contributed by atoms with Gasteiger partial charge in [-0.15, -0.1) is 9.89 Å². The summed E-state index contributed by atoms with van der Waals surface area (Å²) in [5, 5.41) is 11.9. The van der Waals surface area contributed by atoms with Gasteiger partial charge in [-0.2, -0.15) is 5.01 Å². The third-order valence-electron chi connectivity index (χ3n) is 2.41. The standard InChI is InChI=1S/C11H7N5OS2/c17-10-9(6-8-4-2-1-3-5-8)19-11(18)16(10)15-7-12-13-14-15/h1-7H/b9-6+. The molecule has 1 aromatic carbocycles. The van der Waals surface area contributed by atoms with E-state index in [1.54, 1.807) is 6.08 Å². The molecule has 6 nitrogen and oxygen atoms in total. The van der Waals surface area contributed by atoms with Gasteiger partial charge in [0.1, 0.15) is 0 Å². The number of tetrazole rings is 1. The number of carbonyl (C=O) groups is 1. The van der Waals surface area contributed by atoms with Crippen LogP contribution in [0.4, 0.5) is 0 Å². The van der Waals surface area contributed by atoms with Crippen molar-refractivity contribution in [3.05, 3.63) is 47.1 Å². The Morgan fingerprint density at radius 1 is 1.26 bits per heavy atom. The number of carbonyl (C=O) groups excluding carboxylic acids is 1. The van der Waals surface area contributed by atoms with Crippen molar-refractivity contribution in [3.63, 3.8) is 0 Å². The minimum atomic E-state index is -0.230. The van der Waals surface area contributed by atoms with Crippen LogP contribution in [0, 0.1) is 0 Å². The van der Waals surface area contributed by atoms with Crippen molar-refractivity contribution < 1.29 is 4.79 Å². The van der Waals surface area contributed by atoms with E-state index < -0.39 is 0 Å². The molecule has 1 aliphatic rings. The van der Waals surface area contributed by atoms with E-state index in [0.717, 1.165) is 5.56 Å². The summed E-state index contributed by atoms with van der Waals surface area (Å²) >= 11 is 6.40. The van der Waals surface area contributed by atoms with E-state index in [1.165, 1.54) is 27.9 Å². The summed E-state index contributed by atoms with van der Waals surface area (Å²) < 4.78 is 0.402. The van der Waals surface area contributed by atoms with E-state index in [4.69, 9.17) is 12.2 Å². The first-order valence-corrected chi connectivity index (χ1v) is 6.54. The second kappa shape index (κ2) is 4.90. The summed E-state index contributed by atoms with van der Waals surface area (Å²) in [4.78, 5) is 14.0. The first-order chi connectivity index (χ1) is 9.25. The van der Waals surface area contributed by atoms with Gasteiger partial charge in [-0.3, -0.25) is 4.79 Å². The highest BCUT2D eigenvalue weighted by Gasteiger charge is 2.34. The number of thioether (sulfide) groups is 1. The highest BCUT2D eigenvalue weighted by Crippen LogP contribution is 2.31. The molecule has 0 atom stereocenters. The average Bonchev–Trinajstić information content (AvgIpc) is 3.01. The number of rotatable bonds is 2. The molecule has 0 saturated carbocycles. The Kier molecular flexibility index (Phi) is 3.10. The molecule has 0 N–H and O–H groups in total. The van der Waals surface area contributed by atoms with Crippen LogP contribution in [0.15, 0.2) is 41.6 Å². The van der Waals surface area contributed by atoms with Crippen molar-refractivity contribution in [1.29, 1.82) is 0 Å². The quantitative estimate of drug-likeness (QED) is 0.611. The van der Waals surface area contributed by atoms with E-state index in [9.17, 15) is 4.79 Å². The van der Waals surface area contributed by atoms with Crippen molar-refractivity contribution in [3.8, 4) is 0 Å². The molecule has 19 heavy (non-hydrogen) atoms. The number of aromatic nitrogens is 4. The lowest BCUT2D eigenvalue weighted by molar-refractivity contribution is -0.114. The number of hydrogen-bond donors (Lipinski definition) is 0. The van der Waals surface area contributed by atoms with Crippen LogP contribution in [0.1, 0.15) is 5.56 Å². The molecule has 0 unspecified atom stereocenters. The number of thiocarbonyl (C=S) groups is 1. The average molecular weight is 289 g/mol. The van der Waals surface area contributed by atoms with Crippen molar-refractivity contribution in [2.45, 2.75) is 0 Å². The summed E-state index contributed by atoms with van der Waals surface area (Å²) in [5.41, 5.74) is 0.944. The third kappa shape index (κ3) is 2.27. The fourth-order valence-electron chi connectivity index (χ4n) is 1.58. The zero-order valence-corrected chi connectivity index (χ0v) is 11.1. The van der Waals surface area contributed by atoms with E-state index in [1.807, 2.05) is 30.3 Å². The first kappa shape index (κ1) is 12.0. The van der Waals surface area contributed by atoms with Gasteiger partial charge in [-0.1, -0.05) is 42.1 Å². The molecule has 1 fully saturated rings. The van der Waals surface area contributed by atoms with Gasteiger partial charge in [0.25, 0.3) is 5.91 Å². The molecule has 1 amide bonds. The lowest BCUT2D eigenvalue weighted by Crippen LogP contribution is -2.38. The Morgan fingerprint density at radius 3 is 2.74 bits per heavy atom. The van der Waals surface area contributed by atoms with Gasteiger partial charge in [0.05, 0.1) is 4.91 Å². The summed E-state index contributed by atoms with van der Waals surface area (Å²) in [5.74, 6) is -0.230. The maximum Gasteiger partial charge on any atom is 0.286 e. The van der Waals surface area contributed by atoms with E-state index in [0.29, 0.717) is 9.23 Å². The molecule has 94 valence electrons. The first-order valence-electron chi connectivity index (χ1n) is 5.32. The van der Waals surface area contributed by atoms with Crippen molar-refractivity contribution in [1.82, 2.24) is 20.3 Å². The highest BCUT2D eigenvalue weighted by atomic mass is 32.2. The number of nitrogens with zero attached hydrogens (tertiary/aromatic N) is 5. The van der Waals surface area contributed by atoms with Crippen LogP contribution in [0.3, 0.4) is 0 Å². The Bertz CT molecular complexity index is 653. The van der Waals surface area contributed by atoms with E-state index in [2.05, 4.69) is 15.5 Å². The van der Waals surface area contributed by atoms with Crippen molar-refractivity contribution in [2.24, 2.45) is 0 Å². The molecule has 3 rings (SSSR count). The maximum absolute atomic E-state index is 12.3. The molecule has 0 aliphatic carbocycles. The fraction of sp³-hybridized carbons (Fsp3) is 0. The topological polar surface area (TPSA) is 63.9 Å². The summed E-state index contributed by atoms with van der Waals surface area (Å²) in [6.45, 7) is 0. The van der Waals surface area contributed by atoms with Crippen LogP contribution in [0.2, 0.25) is 0 Å². The van der Waals surface area contributed by atoms with Gasteiger partial charge in [0.15, 0.2) is 10.6 Å². The fourth-order valence-corrected chi connectivity index (χ4v) is 2.83. The molecule has 0 spiro atoms. The van der Waals surface area contributed by atoms with Gasteiger partial charge < -0.3 is 0 Å². The molecule has 1 saturated heterocycles. The van der Waals surface area contributed by atoms with Crippen LogP contribution >= 0.6 is 24.0 Å². The van der Waals surface area contributed by atoms with Crippen LogP contribution in [-0.4, -0.2) is 30.5 Å². The largest absolute Gasteiger partial charge is 0.286 e. The van der Waals surface area contributed by atoms with Crippen LogP contribution < -0.4 is 5.01 Å². The van der Waals surface area contributed by atoms with Gasteiger partial charge in [-0.25, -0.2) is 0 Å². The number of amides is 1. The van der Waals surface area contributed by atoms with E-state index in [-0.39, 0.29) is 5.91 Å². The predicted molar refractivity (Wildman–Crippen MR) is 75.6 cm³/mol. The zero-order chi connectivity index (χ0) is 13.2. The zero-order valence-electron chi connectivity index (χ0n) is 9.50. The highest BCUT2D eigenvalue weighted by molar-refractivity contribution is 8.27. The molecule has 0 bridgehead atoms. The summed E-state index contributed by atoms with van der Waals surface area (Å²) in [6.07, 6.45) is 3.12. The van der Waals surface area contributed by atoms with E-state index >= 15 is 0 Å². The lowest BCUT2D eigenvalue weighted by Gasteiger charge is -2.10. The molecule has 1 aliphatic heterocycles. The van der Waals surface area contributed by atoms with Gasteiger partial charge in [0.2, 0.25) is 0 Å². The van der Waals surface area contributed by atoms with Crippen LogP contribution in [0.5, 0.6) is 0 Å². The van der Waals surface area contributed by atoms with Gasteiger partial charge in [-0.05, 0) is 34.3 Å². The van der Waals surface area contributed by atoms with Crippen molar-refractivity contribution >= 4 is 40.3 Å². The van der Waals surface area contributed by atoms with Crippen LogP contribution in [0.25, 0.3) is 6.08 Å². The maximum atomic E-state index is 12.3. The number of hydrogen-bond acceptors (Lipinski definition) is 6. The second-order valence-corrected chi connectivity index (χ2v) is 5.31. The van der Waals surface area contributed by atoms with Gasteiger partial charge >= 0.3 is 0 Å². The van der Waals surface area contributed by atoms with Gasteiger partial charge in [0, 0.05) is 0 Å². The predicted octanol–water partition coefficient (Wildman–Crippen LogP) is 1.21. The SMILES string of the molecule is O=C1/C(=C\c2ccccc2)SC(=S)N1n1cnnn1. The van der Waals surface area contributed by atoms with Crippen molar-refractivity contribution in [2.75, 3.05) is 5.01 Å². The molecule has 0 radical (unpaired) electrons. The second-order valence-electron chi connectivity index (χ2n) is 3.63. The number of benzene rings is 1. The Labute approximate surface area is 118 Å². The van der Waals surface area contributed by atoms with Crippen LogP contribution in [-0.2, 0) is 4.79 Å². The molecule has 1 aromatic heterocycles. The molecular weight excluding hydrogens is 282 g/mol. The lowest BCUT2D eigenvalue weighted by atomic mass is 10.2. The molecule has 8 heteroatoms. The minimum Gasteiger partial charge on any atom is -0.266 e. The monoisotopic (exact) mass is 289 g/mol. The Balaban J connectivity index is 1.93. The smallest absolute Gasteiger partial charge is 0.266 e. The molecule has 2 aromatic rings. The third-order valence-corrected chi connectivity index (χ3v) is 3.70. The Morgan fingerprint density at radius 2 is 2.05 bits per heavy atom. The Hall–Kier alpha value is -2.06. The summed E-state index contributed by atoms with van der Waals surface area (Å²) in [7, 11) is 0. The minimum absolute atomic E-state index is 0.230.